The lowest BCUT2D eigenvalue weighted by Gasteiger charge is -2.05. The van der Waals surface area contributed by atoms with Crippen LogP contribution in [0.15, 0.2) is 30.5 Å². The van der Waals surface area contributed by atoms with Crippen LogP contribution in [0.4, 0.5) is 5.13 Å². The first-order chi connectivity index (χ1) is 8.85. The van der Waals surface area contributed by atoms with Gasteiger partial charge in [0.2, 0.25) is 0 Å². The van der Waals surface area contributed by atoms with E-state index in [2.05, 4.69) is 29.4 Å². The predicted molar refractivity (Wildman–Crippen MR) is 77.0 cm³/mol. The SMILES string of the molecule is CCCNc1ncc(-c2ccccc2COC)s1. The van der Waals surface area contributed by atoms with Crippen LogP contribution >= 0.6 is 11.3 Å². The molecule has 96 valence electrons. The van der Waals surface area contributed by atoms with Crippen molar-refractivity contribution in [3.63, 3.8) is 0 Å². The zero-order valence-electron chi connectivity index (χ0n) is 10.8. The summed E-state index contributed by atoms with van der Waals surface area (Å²) in [6.07, 6.45) is 3.03. The molecule has 1 aromatic heterocycles. The number of benzene rings is 1. The van der Waals surface area contributed by atoms with Crippen molar-refractivity contribution >= 4 is 16.5 Å². The summed E-state index contributed by atoms with van der Waals surface area (Å²) < 4.78 is 5.23. The van der Waals surface area contributed by atoms with Gasteiger partial charge in [-0.05, 0) is 17.5 Å². The molecule has 1 heterocycles. The molecule has 0 amide bonds. The normalized spacial score (nSPS) is 10.6. The van der Waals surface area contributed by atoms with E-state index in [0.717, 1.165) is 18.1 Å². The second kappa shape index (κ2) is 6.52. The van der Waals surface area contributed by atoms with Crippen LogP contribution in [0.3, 0.4) is 0 Å². The molecule has 1 N–H and O–H groups in total. The first-order valence-electron chi connectivity index (χ1n) is 6.12. The summed E-state index contributed by atoms with van der Waals surface area (Å²) in [7, 11) is 1.72. The third kappa shape index (κ3) is 3.09. The monoisotopic (exact) mass is 262 g/mol. The van der Waals surface area contributed by atoms with Gasteiger partial charge in [0.25, 0.3) is 0 Å². The Morgan fingerprint density at radius 2 is 2.17 bits per heavy atom. The lowest BCUT2D eigenvalue weighted by molar-refractivity contribution is 0.185. The standard InChI is InChI=1S/C14H18N2OS/c1-3-8-15-14-16-9-13(18-14)12-7-5-4-6-11(12)10-17-2/h4-7,9H,3,8,10H2,1-2H3,(H,15,16). The Labute approximate surface area is 112 Å². The summed E-state index contributed by atoms with van der Waals surface area (Å²) in [5.74, 6) is 0. The Kier molecular flexibility index (Phi) is 4.73. The minimum Gasteiger partial charge on any atom is -0.380 e. The van der Waals surface area contributed by atoms with E-state index in [1.54, 1.807) is 18.4 Å². The Bertz CT molecular complexity index is 496. The molecule has 2 rings (SSSR count). The van der Waals surface area contributed by atoms with E-state index in [0.29, 0.717) is 6.61 Å². The van der Waals surface area contributed by atoms with Gasteiger partial charge in [0.15, 0.2) is 5.13 Å². The highest BCUT2D eigenvalue weighted by Crippen LogP contribution is 2.31. The molecule has 0 saturated heterocycles. The fraction of sp³-hybridized carbons (Fsp3) is 0.357. The number of rotatable bonds is 6. The van der Waals surface area contributed by atoms with Crippen LogP contribution in [0.25, 0.3) is 10.4 Å². The molecule has 2 aromatic rings. The number of anilines is 1. The van der Waals surface area contributed by atoms with Crippen LogP contribution in [-0.2, 0) is 11.3 Å². The van der Waals surface area contributed by atoms with Gasteiger partial charge in [-0.15, -0.1) is 0 Å². The summed E-state index contributed by atoms with van der Waals surface area (Å²) >= 11 is 1.69. The smallest absolute Gasteiger partial charge is 0.183 e. The second-order valence-electron chi connectivity index (χ2n) is 4.05. The van der Waals surface area contributed by atoms with Gasteiger partial charge in [0.05, 0.1) is 11.5 Å². The van der Waals surface area contributed by atoms with Crippen LogP contribution in [0.1, 0.15) is 18.9 Å². The predicted octanol–water partition coefficient (Wildman–Crippen LogP) is 3.78. The van der Waals surface area contributed by atoms with Gasteiger partial charge in [-0.1, -0.05) is 42.5 Å². The summed E-state index contributed by atoms with van der Waals surface area (Å²) in [6, 6.07) is 8.30. The molecule has 0 unspecified atom stereocenters. The number of aromatic nitrogens is 1. The Morgan fingerprint density at radius 3 is 2.94 bits per heavy atom. The second-order valence-corrected chi connectivity index (χ2v) is 5.08. The molecule has 0 aliphatic heterocycles. The van der Waals surface area contributed by atoms with Crippen LogP contribution in [0, 0.1) is 0 Å². The number of hydrogen-bond donors (Lipinski definition) is 1. The third-order valence-corrected chi connectivity index (χ3v) is 3.60. The highest BCUT2D eigenvalue weighted by atomic mass is 32.1. The minimum absolute atomic E-state index is 0.631. The summed E-state index contributed by atoms with van der Waals surface area (Å²) in [4.78, 5) is 5.58. The zero-order valence-corrected chi connectivity index (χ0v) is 11.6. The van der Waals surface area contributed by atoms with Crippen molar-refractivity contribution in [1.29, 1.82) is 0 Å². The number of methoxy groups -OCH3 is 1. The molecule has 0 saturated carbocycles. The summed E-state index contributed by atoms with van der Waals surface area (Å²) in [6.45, 7) is 3.74. The van der Waals surface area contributed by atoms with Crippen molar-refractivity contribution in [2.24, 2.45) is 0 Å². The molecule has 1 aromatic carbocycles. The molecule has 3 nitrogen and oxygen atoms in total. The Hall–Kier alpha value is -1.39. The Morgan fingerprint density at radius 1 is 1.33 bits per heavy atom. The number of nitrogens with one attached hydrogen (secondary N) is 1. The molecule has 0 aliphatic carbocycles. The van der Waals surface area contributed by atoms with E-state index in [1.165, 1.54) is 16.0 Å². The third-order valence-electron chi connectivity index (χ3n) is 2.61. The highest BCUT2D eigenvalue weighted by molar-refractivity contribution is 7.18. The van der Waals surface area contributed by atoms with Crippen LogP contribution in [-0.4, -0.2) is 18.6 Å². The maximum absolute atomic E-state index is 5.23. The first-order valence-corrected chi connectivity index (χ1v) is 6.93. The quantitative estimate of drug-likeness (QED) is 0.860. The number of nitrogens with zero attached hydrogens (tertiary/aromatic N) is 1. The van der Waals surface area contributed by atoms with Crippen molar-refractivity contribution in [3.05, 3.63) is 36.0 Å². The highest BCUT2D eigenvalue weighted by Gasteiger charge is 2.08. The molecular formula is C14H18N2OS. The number of thiazole rings is 1. The minimum atomic E-state index is 0.631. The van der Waals surface area contributed by atoms with Crippen LogP contribution in [0.2, 0.25) is 0 Å². The van der Waals surface area contributed by atoms with Gasteiger partial charge in [-0.2, -0.15) is 0 Å². The van der Waals surface area contributed by atoms with Gasteiger partial charge in [0.1, 0.15) is 0 Å². The van der Waals surface area contributed by atoms with Gasteiger partial charge >= 0.3 is 0 Å². The molecule has 0 fully saturated rings. The van der Waals surface area contributed by atoms with Crippen molar-refractivity contribution in [3.8, 4) is 10.4 Å². The van der Waals surface area contributed by atoms with Crippen LogP contribution in [0.5, 0.6) is 0 Å². The lowest BCUT2D eigenvalue weighted by atomic mass is 10.1. The molecule has 0 aliphatic rings. The zero-order chi connectivity index (χ0) is 12.8. The fourth-order valence-electron chi connectivity index (χ4n) is 1.75. The average molecular weight is 262 g/mol. The molecule has 0 bridgehead atoms. The van der Waals surface area contributed by atoms with Crippen molar-refractivity contribution < 1.29 is 4.74 Å². The molecule has 0 spiro atoms. The topological polar surface area (TPSA) is 34.2 Å². The van der Waals surface area contributed by atoms with Crippen LogP contribution < -0.4 is 5.32 Å². The van der Waals surface area contributed by atoms with E-state index in [1.807, 2.05) is 18.3 Å². The maximum atomic E-state index is 5.23. The van der Waals surface area contributed by atoms with E-state index in [4.69, 9.17) is 4.74 Å². The van der Waals surface area contributed by atoms with E-state index in [9.17, 15) is 0 Å². The van der Waals surface area contributed by atoms with Crippen molar-refractivity contribution in [2.75, 3.05) is 19.0 Å². The van der Waals surface area contributed by atoms with E-state index < -0.39 is 0 Å². The molecular weight excluding hydrogens is 244 g/mol. The van der Waals surface area contributed by atoms with Gasteiger partial charge in [0, 0.05) is 19.9 Å². The molecule has 18 heavy (non-hydrogen) atoms. The van der Waals surface area contributed by atoms with E-state index >= 15 is 0 Å². The number of hydrogen-bond acceptors (Lipinski definition) is 4. The maximum Gasteiger partial charge on any atom is 0.183 e. The first kappa shape index (κ1) is 13.1. The van der Waals surface area contributed by atoms with Gasteiger partial charge in [-0.3, -0.25) is 0 Å². The summed E-state index contributed by atoms with van der Waals surface area (Å²) in [5.41, 5.74) is 2.41. The molecule has 0 radical (unpaired) electrons. The number of ether oxygens (including phenoxy) is 1. The van der Waals surface area contributed by atoms with E-state index in [-0.39, 0.29) is 0 Å². The van der Waals surface area contributed by atoms with Gasteiger partial charge < -0.3 is 10.1 Å². The van der Waals surface area contributed by atoms with Crippen molar-refractivity contribution in [1.82, 2.24) is 4.98 Å². The summed E-state index contributed by atoms with van der Waals surface area (Å²) in [5, 5.41) is 4.30. The van der Waals surface area contributed by atoms with Gasteiger partial charge in [-0.25, -0.2) is 4.98 Å². The molecule has 0 atom stereocenters. The largest absolute Gasteiger partial charge is 0.380 e. The molecule has 4 heteroatoms. The van der Waals surface area contributed by atoms with Crippen molar-refractivity contribution in [2.45, 2.75) is 20.0 Å². The average Bonchev–Trinajstić information content (AvgIpc) is 2.86. The lowest BCUT2D eigenvalue weighted by Crippen LogP contribution is -1.97. The fourth-order valence-corrected chi connectivity index (χ4v) is 2.66. The Balaban J connectivity index is 2.22.